The highest BCUT2D eigenvalue weighted by Gasteiger charge is 2.32. The lowest BCUT2D eigenvalue weighted by molar-refractivity contribution is -0.134. The van der Waals surface area contributed by atoms with Crippen LogP contribution < -0.4 is 20.4 Å². The van der Waals surface area contributed by atoms with E-state index >= 15 is 0 Å². The van der Waals surface area contributed by atoms with E-state index in [2.05, 4.69) is 10.6 Å². The summed E-state index contributed by atoms with van der Waals surface area (Å²) in [5, 5.41) is 5.56. The predicted octanol–water partition coefficient (Wildman–Crippen LogP) is 0.936. The van der Waals surface area contributed by atoms with Crippen molar-refractivity contribution < 1.29 is 18.8 Å². The number of likely N-dealkylation sites (N-methyl/N-ethyl adjacent to an activating group) is 1. The van der Waals surface area contributed by atoms with Crippen molar-refractivity contribution in [3.8, 4) is 0 Å². The second-order valence-corrected chi connectivity index (χ2v) is 7.16. The monoisotopic (exact) mass is 376 g/mol. The molecule has 2 saturated heterocycles. The molecular weight excluding hydrogens is 351 g/mol. The van der Waals surface area contributed by atoms with Gasteiger partial charge in [-0.2, -0.15) is 0 Å². The quantitative estimate of drug-likeness (QED) is 0.590. The summed E-state index contributed by atoms with van der Waals surface area (Å²) in [5.74, 6) is -0.894. The first-order valence-corrected chi connectivity index (χ1v) is 9.15. The molecule has 0 aliphatic carbocycles. The molecule has 2 fully saturated rings. The van der Waals surface area contributed by atoms with Crippen molar-refractivity contribution in [3.05, 3.63) is 23.8 Å². The number of alkyl halides is 1. The summed E-state index contributed by atoms with van der Waals surface area (Å²) in [6.07, 6.45) is 0.898. The summed E-state index contributed by atoms with van der Waals surface area (Å²) in [5.41, 5.74) is 2.10. The zero-order valence-electron chi connectivity index (χ0n) is 15.6. The number of imide groups is 1. The Kier molecular flexibility index (Phi) is 5.74. The second-order valence-electron chi connectivity index (χ2n) is 7.16. The van der Waals surface area contributed by atoms with E-state index in [1.165, 1.54) is 4.90 Å². The minimum absolute atomic E-state index is 0.271. The summed E-state index contributed by atoms with van der Waals surface area (Å²) in [4.78, 5) is 38.2. The first-order chi connectivity index (χ1) is 12.9. The standard InChI is InChI=1S/C19H25FN4O3/c1-23(11-25)17-9-12(13-10-21-8-7-14(13)20)3-4-15(17)24(2)16-5-6-18(26)22-19(16)27/h3-4,9,11,13-14,16,21H,5-8,10H2,1-2H3,(H,22,26,27). The third-order valence-corrected chi connectivity index (χ3v) is 5.42. The third kappa shape index (κ3) is 3.95. The lowest BCUT2D eigenvalue weighted by Crippen LogP contribution is -2.51. The molecule has 1 aromatic carbocycles. The Labute approximate surface area is 157 Å². The number of carbonyl (C=O) groups is 3. The van der Waals surface area contributed by atoms with Gasteiger partial charge in [0.15, 0.2) is 0 Å². The van der Waals surface area contributed by atoms with E-state index in [9.17, 15) is 18.8 Å². The highest BCUT2D eigenvalue weighted by Crippen LogP contribution is 2.35. The molecule has 0 spiro atoms. The van der Waals surface area contributed by atoms with Crippen molar-refractivity contribution in [2.75, 3.05) is 37.0 Å². The number of rotatable bonds is 5. The van der Waals surface area contributed by atoms with E-state index in [0.29, 0.717) is 43.7 Å². The van der Waals surface area contributed by atoms with Crippen LogP contribution in [0.4, 0.5) is 15.8 Å². The number of anilines is 2. The van der Waals surface area contributed by atoms with Gasteiger partial charge in [-0.25, -0.2) is 4.39 Å². The Bertz CT molecular complexity index is 742. The Morgan fingerprint density at radius 1 is 1.19 bits per heavy atom. The fraction of sp³-hybridized carbons (Fsp3) is 0.526. The number of nitrogens with one attached hydrogen (secondary N) is 2. The van der Waals surface area contributed by atoms with Crippen LogP contribution in [-0.4, -0.2) is 57.6 Å². The van der Waals surface area contributed by atoms with Crippen LogP contribution in [0, 0.1) is 0 Å². The molecule has 3 rings (SSSR count). The average Bonchev–Trinajstić information content (AvgIpc) is 2.67. The minimum atomic E-state index is -0.931. The highest BCUT2D eigenvalue weighted by atomic mass is 19.1. The molecule has 27 heavy (non-hydrogen) atoms. The number of halogens is 1. The molecule has 0 radical (unpaired) electrons. The van der Waals surface area contributed by atoms with Gasteiger partial charge in [0.1, 0.15) is 12.2 Å². The van der Waals surface area contributed by atoms with Crippen molar-refractivity contribution in [1.29, 1.82) is 0 Å². The molecule has 3 amide bonds. The van der Waals surface area contributed by atoms with Gasteiger partial charge in [0.25, 0.3) is 0 Å². The highest BCUT2D eigenvalue weighted by molar-refractivity contribution is 6.02. The summed E-state index contributed by atoms with van der Waals surface area (Å²) in [6, 6.07) is 4.98. The number of benzene rings is 1. The first kappa shape index (κ1) is 19.3. The zero-order chi connectivity index (χ0) is 19.6. The molecule has 2 heterocycles. The molecule has 3 unspecified atom stereocenters. The van der Waals surface area contributed by atoms with E-state index in [4.69, 9.17) is 0 Å². The van der Waals surface area contributed by atoms with Crippen molar-refractivity contribution in [1.82, 2.24) is 10.6 Å². The molecule has 2 aliphatic rings. The Morgan fingerprint density at radius 3 is 2.63 bits per heavy atom. The maximum atomic E-state index is 14.4. The van der Waals surface area contributed by atoms with Crippen LogP contribution in [-0.2, 0) is 14.4 Å². The normalized spacial score (nSPS) is 25.7. The SMILES string of the molecule is CN(C=O)c1cc(C2CNCCC2F)ccc1N(C)C1CCC(=O)NC1=O. The van der Waals surface area contributed by atoms with Gasteiger partial charge < -0.3 is 15.1 Å². The van der Waals surface area contributed by atoms with Crippen molar-refractivity contribution in [2.45, 2.75) is 37.4 Å². The molecule has 2 N–H and O–H groups in total. The average molecular weight is 376 g/mol. The third-order valence-electron chi connectivity index (χ3n) is 5.42. The van der Waals surface area contributed by atoms with Crippen LogP contribution >= 0.6 is 0 Å². The molecule has 8 heteroatoms. The molecule has 3 atom stereocenters. The van der Waals surface area contributed by atoms with Gasteiger partial charge in [-0.05, 0) is 37.1 Å². The number of nitrogens with zero attached hydrogens (tertiary/aromatic N) is 2. The molecular formula is C19H25FN4O3. The fourth-order valence-corrected chi connectivity index (χ4v) is 3.78. The summed E-state index contributed by atoms with van der Waals surface area (Å²) in [6.45, 7) is 1.21. The molecule has 1 aromatic rings. The number of hydrogen-bond donors (Lipinski definition) is 2. The maximum absolute atomic E-state index is 14.4. The minimum Gasteiger partial charge on any atom is -0.361 e. The second kappa shape index (κ2) is 8.04. The maximum Gasteiger partial charge on any atom is 0.249 e. The van der Waals surface area contributed by atoms with Crippen molar-refractivity contribution >= 4 is 29.6 Å². The van der Waals surface area contributed by atoms with Gasteiger partial charge in [0.2, 0.25) is 18.2 Å². The van der Waals surface area contributed by atoms with Crippen LogP contribution in [0.5, 0.6) is 0 Å². The molecule has 7 nitrogen and oxygen atoms in total. The number of piperidine rings is 2. The predicted molar refractivity (Wildman–Crippen MR) is 101 cm³/mol. The smallest absolute Gasteiger partial charge is 0.249 e. The molecule has 0 aromatic heterocycles. The molecule has 0 bridgehead atoms. The van der Waals surface area contributed by atoms with Crippen LogP contribution in [0.25, 0.3) is 0 Å². The van der Waals surface area contributed by atoms with E-state index in [1.807, 2.05) is 18.2 Å². The molecule has 2 aliphatic heterocycles. The lowest BCUT2D eigenvalue weighted by atomic mass is 9.89. The van der Waals surface area contributed by atoms with Crippen molar-refractivity contribution in [2.24, 2.45) is 0 Å². The first-order valence-electron chi connectivity index (χ1n) is 9.15. The Morgan fingerprint density at radius 2 is 1.96 bits per heavy atom. The number of carbonyl (C=O) groups excluding carboxylic acids is 3. The summed E-state index contributed by atoms with van der Waals surface area (Å²) >= 11 is 0. The van der Waals surface area contributed by atoms with E-state index in [0.717, 1.165) is 5.56 Å². The van der Waals surface area contributed by atoms with Gasteiger partial charge in [-0.15, -0.1) is 0 Å². The van der Waals surface area contributed by atoms with Gasteiger partial charge in [-0.3, -0.25) is 19.7 Å². The molecule has 146 valence electrons. The van der Waals surface area contributed by atoms with Crippen LogP contribution in [0.15, 0.2) is 18.2 Å². The zero-order valence-corrected chi connectivity index (χ0v) is 15.6. The lowest BCUT2D eigenvalue weighted by Gasteiger charge is -2.34. The van der Waals surface area contributed by atoms with Crippen molar-refractivity contribution in [3.63, 3.8) is 0 Å². The number of amides is 3. The summed E-state index contributed by atoms with van der Waals surface area (Å²) in [7, 11) is 3.39. The van der Waals surface area contributed by atoms with E-state index in [-0.39, 0.29) is 24.2 Å². The van der Waals surface area contributed by atoms with Crippen LogP contribution in [0.3, 0.4) is 0 Å². The summed E-state index contributed by atoms with van der Waals surface area (Å²) < 4.78 is 14.4. The van der Waals surface area contributed by atoms with Crippen LogP contribution in [0.1, 0.15) is 30.7 Å². The topological polar surface area (TPSA) is 81.8 Å². The number of hydrogen-bond acceptors (Lipinski definition) is 5. The van der Waals surface area contributed by atoms with Gasteiger partial charge in [-0.1, -0.05) is 6.07 Å². The van der Waals surface area contributed by atoms with Gasteiger partial charge >= 0.3 is 0 Å². The van der Waals surface area contributed by atoms with Crippen LogP contribution in [0.2, 0.25) is 0 Å². The Hall–Kier alpha value is -2.48. The Balaban J connectivity index is 1.93. The van der Waals surface area contributed by atoms with E-state index < -0.39 is 12.2 Å². The fourth-order valence-electron chi connectivity index (χ4n) is 3.78. The van der Waals surface area contributed by atoms with E-state index in [1.54, 1.807) is 19.0 Å². The van der Waals surface area contributed by atoms with Gasteiger partial charge in [0, 0.05) is 33.0 Å². The van der Waals surface area contributed by atoms with Gasteiger partial charge in [0.05, 0.1) is 11.4 Å². The largest absolute Gasteiger partial charge is 0.361 e. The molecule has 0 saturated carbocycles.